The predicted octanol–water partition coefficient (Wildman–Crippen LogP) is 4.34. The average Bonchev–Trinajstić information content (AvgIpc) is 1.95. The van der Waals surface area contributed by atoms with Crippen LogP contribution in [0, 0.1) is 5.92 Å². The Balaban J connectivity index is 3.28. The number of hydrogen-bond donors (Lipinski definition) is 0. The van der Waals surface area contributed by atoms with Crippen molar-refractivity contribution in [2.45, 2.75) is 47.0 Å². The molecular formula is C12H22. The fourth-order valence-corrected chi connectivity index (χ4v) is 0.995. The van der Waals surface area contributed by atoms with Gasteiger partial charge >= 0.3 is 0 Å². The SMILES string of the molecule is CC(C)=CCCC/C=C/C(C)C. The lowest BCUT2D eigenvalue weighted by Crippen LogP contribution is -1.77. The summed E-state index contributed by atoms with van der Waals surface area (Å²) in [6.07, 6.45) is 10.6. The van der Waals surface area contributed by atoms with E-state index in [0.29, 0.717) is 5.92 Å². The average molecular weight is 166 g/mol. The van der Waals surface area contributed by atoms with Gasteiger partial charge in [-0.2, -0.15) is 0 Å². The highest BCUT2D eigenvalue weighted by molar-refractivity contribution is 4.93. The van der Waals surface area contributed by atoms with E-state index in [-0.39, 0.29) is 0 Å². The molecule has 0 amide bonds. The van der Waals surface area contributed by atoms with E-state index in [1.165, 1.54) is 24.8 Å². The van der Waals surface area contributed by atoms with Crippen molar-refractivity contribution in [3.05, 3.63) is 23.8 Å². The van der Waals surface area contributed by atoms with Crippen molar-refractivity contribution in [2.75, 3.05) is 0 Å². The second-order valence-corrected chi connectivity index (χ2v) is 3.88. The molecule has 0 heterocycles. The number of rotatable bonds is 5. The smallest absolute Gasteiger partial charge is 0.0290 e. The Hall–Kier alpha value is -0.520. The van der Waals surface area contributed by atoms with Gasteiger partial charge in [0, 0.05) is 0 Å². The van der Waals surface area contributed by atoms with Crippen molar-refractivity contribution in [3.8, 4) is 0 Å². The van der Waals surface area contributed by atoms with E-state index in [0.717, 1.165) is 0 Å². The van der Waals surface area contributed by atoms with Gasteiger partial charge in [0.1, 0.15) is 0 Å². The van der Waals surface area contributed by atoms with Crippen molar-refractivity contribution in [1.29, 1.82) is 0 Å². The molecule has 0 fully saturated rings. The molecule has 0 spiro atoms. The van der Waals surface area contributed by atoms with Crippen LogP contribution in [0.4, 0.5) is 0 Å². The number of hydrogen-bond acceptors (Lipinski definition) is 0. The van der Waals surface area contributed by atoms with E-state index in [1.807, 2.05) is 0 Å². The van der Waals surface area contributed by atoms with Gasteiger partial charge < -0.3 is 0 Å². The minimum absolute atomic E-state index is 0.702. The third-order valence-electron chi connectivity index (χ3n) is 1.65. The first kappa shape index (κ1) is 11.5. The van der Waals surface area contributed by atoms with E-state index in [4.69, 9.17) is 0 Å². The second kappa shape index (κ2) is 7.15. The summed E-state index contributed by atoms with van der Waals surface area (Å²) in [7, 11) is 0. The molecule has 0 N–H and O–H groups in total. The zero-order valence-corrected chi connectivity index (χ0v) is 8.93. The minimum atomic E-state index is 0.702. The Labute approximate surface area is 77.4 Å². The Morgan fingerprint density at radius 1 is 1.17 bits per heavy atom. The molecule has 0 aromatic carbocycles. The highest BCUT2D eigenvalue weighted by atomic mass is 13.9. The van der Waals surface area contributed by atoms with Gasteiger partial charge in [-0.3, -0.25) is 0 Å². The van der Waals surface area contributed by atoms with Crippen LogP contribution >= 0.6 is 0 Å². The summed E-state index contributed by atoms with van der Waals surface area (Å²) in [6.45, 7) is 8.74. The van der Waals surface area contributed by atoms with E-state index in [2.05, 4.69) is 45.9 Å². The van der Waals surface area contributed by atoms with Crippen LogP contribution in [-0.4, -0.2) is 0 Å². The maximum Gasteiger partial charge on any atom is -0.0290 e. The molecule has 0 aromatic heterocycles. The van der Waals surface area contributed by atoms with E-state index >= 15 is 0 Å². The van der Waals surface area contributed by atoms with Crippen LogP contribution in [-0.2, 0) is 0 Å². The first-order valence-electron chi connectivity index (χ1n) is 4.93. The zero-order valence-electron chi connectivity index (χ0n) is 8.93. The molecule has 0 rings (SSSR count). The lowest BCUT2D eigenvalue weighted by Gasteiger charge is -1.94. The Kier molecular flexibility index (Phi) is 6.84. The van der Waals surface area contributed by atoms with Crippen LogP contribution in [0.25, 0.3) is 0 Å². The molecule has 0 aromatic rings. The Bertz CT molecular complexity index is 145. The molecular weight excluding hydrogens is 144 g/mol. The molecule has 0 aliphatic heterocycles. The van der Waals surface area contributed by atoms with Crippen LogP contribution in [0.3, 0.4) is 0 Å². The standard InChI is InChI=1S/C12H22/c1-11(2)9-7-5-6-8-10-12(3)4/h7,9-11H,5-6,8H2,1-4H3/b9-7+. The quantitative estimate of drug-likeness (QED) is 0.421. The maximum absolute atomic E-state index is 2.31. The van der Waals surface area contributed by atoms with Gasteiger partial charge in [-0.05, 0) is 39.0 Å². The molecule has 0 bridgehead atoms. The highest BCUT2D eigenvalue weighted by Gasteiger charge is 1.84. The fraction of sp³-hybridized carbons (Fsp3) is 0.667. The van der Waals surface area contributed by atoms with Gasteiger partial charge in [0.25, 0.3) is 0 Å². The van der Waals surface area contributed by atoms with Crippen molar-refractivity contribution in [2.24, 2.45) is 5.92 Å². The molecule has 0 radical (unpaired) electrons. The van der Waals surface area contributed by atoms with Gasteiger partial charge in [0.05, 0.1) is 0 Å². The first-order chi connectivity index (χ1) is 5.63. The topological polar surface area (TPSA) is 0 Å². The number of unbranched alkanes of at least 4 members (excludes halogenated alkanes) is 2. The van der Waals surface area contributed by atoms with Crippen molar-refractivity contribution in [3.63, 3.8) is 0 Å². The third-order valence-corrected chi connectivity index (χ3v) is 1.65. The Morgan fingerprint density at radius 3 is 2.33 bits per heavy atom. The normalized spacial score (nSPS) is 11.1. The largest absolute Gasteiger partial charge is 0.0883 e. The summed E-state index contributed by atoms with van der Waals surface area (Å²) in [4.78, 5) is 0. The van der Waals surface area contributed by atoms with Crippen molar-refractivity contribution < 1.29 is 0 Å². The molecule has 0 saturated carbocycles. The summed E-state index contributed by atoms with van der Waals surface area (Å²) >= 11 is 0. The summed E-state index contributed by atoms with van der Waals surface area (Å²) in [5, 5.41) is 0. The molecule has 0 nitrogen and oxygen atoms in total. The third kappa shape index (κ3) is 9.48. The van der Waals surface area contributed by atoms with E-state index < -0.39 is 0 Å². The van der Waals surface area contributed by atoms with E-state index in [9.17, 15) is 0 Å². The van der Waals surface area contributed by atoms with Gasteiger partial charge in [0.15, 0.2) is 0 Å². The van der Waals surface area contributed by atoms with Crippen LogP contribution in [0.2, 0.25) is 0 Å². The minimum Gasteiger partial charge on any atom is -0.0883 e. The van der Waals surface area contributed by atoms with Crippen LogP contribution < -0.4 is 0 Å². The zero-order chi connectivity index (χ0) is 9.40. The van der Waals surface area contributed by atoms with Gasteiger partial charge in [-0.25, -0.2) is 0 Å². The number of allylic oxidation sites excluding steroid dienone is 4. The van der Waals surface area contributed by atoms with E-state index in [1.54, 1.807) is 0 Å². The molecule has 0 saturated heterocycles. The molecule has 0 heteroatoms. The summed E-state index contributed by atoms with van der Waals surface area (Å²) in [6, 6.07) is 0. The fourth-order valence-electron chi connectivity index (χ4n) is 0.995. The summed E-state index contributed by atoms with van der Waals surface area (Å²) in [5.41, 5.74) is 1.43. The summed E-state index contributed by atoms with van der Waals surface area (Å²) in [5.74, 6) is 0.702. The van der Waals surface area contributed by atoms with Crippen molar-refractivity contribution >= 4 is 0 Å². The monoisotopic (exact) mass is 166 g/mol. The highest BCUT2D eigenvalue weighted by Crippen LogP contribution is 2.03. The molecule has 0 unspecified atom stereocenters. The van der Waals surface area contributed by atoms with Crippen LogP contribution in [0.1, 0.15) is 47.0 Å². The molecule has 0 atom stereocenters. The van der Waals surface area contributed by atoms with Gasteiger partial charge in [-0.1, -0.05) is 37.6 Å². The Morgan fingerprint density at radius 2 is 1.83 bits per heavy atom. The second-order valence-electron chi connectivity index (χ2n) is 3.88. The lowest BCUT2D eigenvalue weighted by atomic mass is 10.1. The van der Waals surface area contributed by atoms with Crippen LogP contribution in [0.15, 0.2) is 23.8 Å². The molecule has 0 aliphatic carbocycles. The maximum atomic E-state index is 2.31. The predicted molar refractivity (Wildman–Crippen MR) is 57.3 cm³/mol. The molecule has 0 aliphatic rings. The lowest BCUT2D eigenvalue weighted by molar-refractivity contribution is 0.807. The first-order valence-corrected chi connectivity index (χ1v) is 4.93. The molecule has 12 heavy (non-hydrogen) atoms. The van der Waals surface area contributed by atoms with Crippen molar-refractivity contribution in [1.82, 2.24) is 0 Å². The van der Waals surface area contributed by atoms with Crippen LogP contribution in [0.5, 0.6) is 0 Å². The van der Waals surface area contributed by atoms with Gasteiger partial charge in [-0.15, -0.1) is 0 Å². The van der Waals surface area contributed by atoms with Gasteiger partial charge in [0.2, 0.25) is 0 Å². The molecule has 70 valence electrons. The summed E-state index contributed by atoms with van der Waals surface area (Å²) < 4.78 is 0.